The maximum atomic E-state index is 11.7. The van der Waals surface area contributed by atoms with Crippen LogP contribution >= 0.6 is 11.6 Å². The van der Waals surface area contributed by atoms with E-state index in [9.17, 15) is 4.79 Å². The number of hydrogen-bond acceptors (Lipinski definition) is 3. The van der Waals surface area contributed by atoms with Gasteiger partial charge >= 0.3 is 0 Å². The topological polar surface area (TPSA) is 58.6 Å². The van der Waals surface area contributed by atoms with Crippen molar-refractivity contribution in [2.24, 2.45) is 0 Å². The molecule has 16 heavy (non-hydrogen) atoms. The van der Waals surface area contributed by atoms with Crippen LogP contribution in [-0.4, -0.2) is 23.7 Å². The molecule has 1 amide bonds. The van der Waals surface area contributed by atoms with Gasteiger partial charge in [-0.3, -0.25) is 4.79 Å². The van der Waals surface area contributed by atoms with E-state index in [-0.39, 0.29) is 17.8 Å². The van der Waals surface area contributed by atoms with E-state index < -0.39 is 0 Å². The number of nitrogens with one attached hydrogen (secondary N) is 1. The summed E-state index contributed by atoms with van der Waals surface area (Å²) in [6, 6.07) is 4.41. The molecule has 0 bridgehead atoms. The maximum Gasteiger partial charge on any atom is 0.253 e. The van der Waals surface area contributed by atoms with Gasteiger partial charge in [0.2, 0.25) is 0 Å². The lowest BCUT2D eigenvalue weighted by Gasteiger charge is -2.11. The lowest BCUT2D eigenvalue weighted by Crippen LogP contribution is -2.26. The number of carbonyl (C=O) groups excluding carboxylic acids is 1. The van der Waals surface area contributed by atoms with E-state index in [0.717, 1.165) is 12.8 Å². The van der Waals surface area contributed by atoms with Gasteiger partial charge in [0.1, 0.15) is 11.9 Å². The molecule has 0 aliphatic carbocycles. The van der Waals surface area contributed by atoms with Crippen LogP contribution in [-0.2, 0) is 9.53 Å². The highest BCUT2D eigenvalue weighted by Gasteiger charge is 2.23. The molecular weight excluding hydrogens is 230 g/mol. The van der Waals surface area contributed by atoms with Crippen LogP contribution in [0.25, 0.3) is 0 Å². The third-order valence-corrected chi connectivity index (χ3v) is 2.75. The zero-order valence-electron chi connectivity index (χ0n) is 8.57. The number of phenolic OH excluding ortho intramolecular Hbond substituents is 1. The SMILES string of the molecule is O=C(Nc1ccc(O)cc1Cl)C1CCCO1. The Labute approximate surface area is 98.2 Å². The fourth-order valence-corrected chi connectivity index (χ4v) is 1.83. The van der Waals surface area contributed by atoms with Gasteiger partial charge in [-0.1, -0.05) is 11.6 Å². The number of amides is 1. The highest BCUT2D eigenvalue weighted by atomic mass is 35.5. The first kappa shape index (κ1) is 11.2. The highest BCUT2D eigenvalue weighted by molar-refractivity contribution is 6.33. The van der Waals surface area contributed by atoms with E-state index in [1.165, 1.54) is 12.1 Å². The molecule has 5 heteroatoms. The summed E-state index contributed by atoms with van der Waals surface area (Å²) < 4.78 is 5.25. The van der Waals surface area contributed by atoms with Crippen molar-refractivity contribution >= 4 is 23.2 Å². The molecule has 2 rings (SSSR count). The smallest absolute Gasteiger partial charge is 0.253 e. The first-order chi connectivity index (χ1) is 7.66. The fraction of sp³-hybridized carbons (Fsp3) is 0.364. The Bertz CT molecular complexity index is 402. The van der Waals surface area contributed by atoms with Crippen LogP contribution in [0.1, 0.15) is 12.8 Å². The van der Waals surface area contributed by atoms with Gasteiger partial charge in [-0.25, -0.2) is 0 Å². The third-order valence-electron chi connectivity index (χ3n) is 2.43. The zero-order chi connectivity index (χ0) is 11.5. The summed E-state index contributed by atoms with van der Waals surface area (Å²) in [6.45, 7) is 0.626. The van der Waals surface area contributed by atoms with Gasteiger partial charge in [-0.2, -0.15) is 0 Å². The number of carbonyl (C=O) groups is 1. The van der Waals surface area contributed by atoms with Crippen LogP contribution in [0.5, 0.6) is 5.75 Å². The number of halogens is 1. The second-order valence-corrected chi connectivity index (χ2v) is 4.06. The van der Waals surface area contributed by atoms with Crippen LogP contribution in [0.15, 0.2) is 18.2 Å². The van der Waals surface area contributed by atoms with Gasteiger partial charge < -0.3 is 15.2 Å². The summed E-state index contributed by atoms with van der Waals surface area (Å²) in [4.78, 5) is 11.7. The Morgan fingerprint density at radius 3 is 3.00 bits per heavy atom. The molecule has 2 N–H and O–H groups in total. The fourth-order valence-electron chi connectivity index (χ4n) is 1.60. The second kappa shape index (κ2) is 4.72. The Balaban J connectivity index is 2.05. The summed E-state index contributed by atoms with van der Waals surface area (Å²) in [5.41, 5.74) is 0.486. The van der Waals surface area contributed by atoms with E-state index in [1.54, 1.807) is 6.07 Å². The average molecular weight is 242 g/mol. The number of hydrogen-bond donors (Lipinski definition) is 2. The minimum atomic E-state index is -0.384. The quantitative estimate of drug-likeness (QED) is 0.780. The summed E-state index contributed by atoms with van der Waals surface area (Å²) in [7, 11) is 0. The van der Waals surface area contributed by atoms with E-state index in [4.69, 9.17) is 21.4 Å². The second-order valence-electron chi connectivity index (χ2n) is 3.66. The Hall–Kier alpha value is -1.26. The first-order valence-electron chi connectivity index (χ1n) is 5.08. The maximum absolute atomic E-state index is 11.7. The van der Waals surface area contributed by atoms with Gasteiger partial charge in [-0.15, -0.1) is 0 Å². The summed E-state index contributed by atoms with van der Waals surface area (Å²) in [5.74, 6) is -0.120. The normalized spacial score (nSPS) is 19.7. The molecule has 0 radical (unpaired) electrons. The zero-order valence-corrected chi connectivity index (χ0v) is 9.33. The van der Waals surface area contributed by atoms with Crippen LogP contribution in [0.2, 0.25) is 5.02 Å². The molecular formula is C11H12ClNO3. The third kappa shape index (κ3) is 2.46. The van der Waals surface area contributed by atoms with Crippen LogP contribution in [0, 0.1) is 0 Å². The van der Waals surface area contributed by atoms with Crippen molar-refractivity contribution in [3.8, 4) is 5.75 Å². The number of ether oxygens (including phenoxy) is 1. The number of rotatable bonds is 2. The molecule has 1 unspecified atom stereocenters. The van der Waals surface area contributed by atoms with Gasteiger partial charge in [0.15, 0.2) is 0 Å². The van der Waals surface area contributed by atoms with Crippen molar-refractivity contribution in [2.75, 3.05) is 11.9 Å². The standard InChI is InChI=1S/C11H12ClNO3/c12-8-6-7(14)3-4-9(8)13-11(15)10-2-1-5-16-10/h3-4,6,10,14H,1-2,5H2,(H,13,15). The minimum Gasteiger partial charge on any atom is -0.508 e. The molecule has 0 saturated carbocycles. The van der Waals surface area contributed by atoms with Gasteiger partial charge in [-0.05, 0) is 25.0 Å². The van der Waals surface area contributed by atoms with E-state index in [0.29, 0.717) is 17.3 Å². The van der Waals surface area contributed by atoms with Crippen molar-refractivity contribution in [3.05, 3.63) is 23.2 Å². The van der Waals surface area contributed by atoms with E-state index in [2.05, 4.69) is 5.32 Å². The Morgan fingerprint density at radius 1 is 1.56 bits per heavy atom. The van der Waals surface area contributed by atoms with Crippen LogP contribution < -0.4 is 5.32 Å². The number of benzene rings is 1. The summed E-state index contributed by atoms with van der Waals surface area (Å²) >= 11 is 5.86. The van der Waals surface area contributed by atoms with Crippen molar-refractivity contribution < 1.29 is 14.6 Å². The summed E-state index contributed by atoms with van der Waals surface area (Å²) in [6.07, 6.45) is 1.26. The molecule has 1 fully saturated rings. The molecule has 1 aromatic carbocycles. The van der Waals surface area contributed by atoms with Gasteiger partial charge in [0, 0.05) is 12.7 Å². The molecule has 1 aliphatic heterocycles. The lowest BCUT2D eigenvalue weighted by molar-refractivity contribution is -0.124. The molecule has 1 heterocycles. The first-order valence-corrected chi connectivity index (χ1v) is 5.45. The highest BCUT2D eigenvalue weighted by Crippen LogP contribution is 2.26. The Morgan fingerprint density at radius 2 is 2.38 bits per heavy atom. The van der Waals surface area contributed by atoms with Crippen LogP contribution in [0.4, 0.5) is 5.69 Å². The molecule has 1 saturated heterocycles. The largest absolute Gasteiger partial charge is 0.508 e. The Kier molecular flexibility index (Phi) is 3.31. The number of aromatic hydroxyl groups is 1. The van der Waals surface area contributed by atoms with E-state index >= 15 is 0 Å². The predicted molar refractivity (Wildman–Crippen MR) is 60.7 cm³/mol. The predicted octanol–water partition coefficient (Wildman–Crippen LogP) is 2.16. The summed E-state index contributed by atoms with van der Waals surface area (Å²) in [5, 5.41) is 12.1. The average Bonchev–Trinajstić information content (AvgIpc) is 2.75. The molecule has 1 atom stereocenters. The van der Waals surface area contributed by atoms with Crippen molar-refractivity contribution in [1.82, 2.24) is 0 Å². The van der Waals surface area contributed by atoms with E-state index in [1.807, 2.05) is 0 Å². The number of phenols is 1. The lowest BCUT2D eigenvalue weighted by atomic mass is 10.2. The molecule has 4 nitrogen and oxygen atoms in total. The van der Waals surface area contributed by atoms with Gasteiger partial charge in [0.25, 0.3) is 5.91 Å². The van der Waals surface area contributed by atoms with Crippen molar-refractivity contribution in [3.63, 3.8) is 0 Å². The van der Waals surface area contributed by atoms with Crippen molar-refractivity contribution in [2.45, 2.75) is 18.9 Å². The molecule has 1 aliphatic rings. The molecule has 0 aromatic heterocycles. The molecule has 0 spiro atoms. The number of anilines is 1. The molecule has 86 valence electrons. The monoisotopic (exact) mass is 241 g/mol. The van der Waals surface area contributed by atoms with Crippen molar-refractivity contribution in [1.29, 1.82) is 0 Å². The van der Waals surface area contributed by atoms with Gasteiger partial charge in [0.05, 0.1) is 10.7 Å². The molecule has 1 aromatic rings. The van der Waals surface area contributed by atoms with Crippen LogP contribution in [0.3, 0.4) is 0 Å². The minimum absolute atomic E-state index is 0.0696.